The standard InChI is InChI=1S/C26H32O7/c1-24-8-5-15(28)11-14(24)3-4-16-17-6-9-26(20(30)13-27,18-7-10-33-22(18)23(31)32)25(17,2)12-19(29)21(16)24/h7,10-11,16-17,19,21,27,29H,3-6,8-9,12-13H2,1-2H3,(H,31,32)/t16-,17-,19-,21+,24-,25-,26+/m0/s1. The third-order valence-electron chi connectivity index (χ3n) is 10.0. The first-order valence-corrected chi connectivity index (χ1v) is 12.0. The molecule has 7 atom stereocenters. The number of ketones is 2. The predicted molar refractivity (Wildman–Crippen MR) is 118 cm³/mol. The number of carboxylic acids is 1. The van der Waals surface area contributed by atoms with Gasteiger partial charge in [-0.15, -0.1) is 0 Å². The quantitative estimate of drug-likeness (QED) is 0.635. The van der Waals surface area contributed by atoms with Crippen LogP contribution in [0.15, 0.2) is 28.4 Å². The van der Waals surface area contributed by atoms with Crippen molar-refractivity contribution >= 4 is 17.5 Å². The Morgan fingerprint density at radius 2 is 1.94 bits per heavy atom. The Balaban J connectivity index is 1.63. The topological polar surface area (TPSA) is 125 Å². The summed E-state index contributed by atoms with van der Waals surface area (Å²) in [6, 6.07) is 1.55. The lowest BCUT2D eigenvalue weighted by atomic mass is 9.43. The van der Waals surface area contributed by atoms with Crippen molar-refractivity contribution in [3.63, 3.8) is 0 Å². The van der Waals surface area contributed by atoms with Crippen molar-refractivity contribution in [1.82, 2.24) is 0 Å². The molecule has 0 unspecified atom stereocenters. The van der Waals surface area contributed by atoms with E-state index in [1.807, 2.05) is 6.92 Å². The largest absolute Gasteiger partial charge is 0.475 e. The number of carbonyl (C=O) groups excluding carboxylic acids is 2. The molecule has 3 saturated carbocycles. The number of hydrogen-bond donors (Lipinski definition) is 3. The van der Waals surface area contributed by atoms with Gasteiger partial charge in [0.05, 0.1) is 17.8 Å². The second-order valence-corrected chi connectivity index (χ2v) is 11.1. The van der Waals surface area contributed by atoms with Crippen LogP contribution in [0.1, 0.15) is 74.9 Å². The van der Waals surface area contributed by atoms with Crippen molar-refractivity contribution in [1.29, 1.82) is 0 Å². The lowest BCUT2D eigenvalue weighted by molar-refractivity contribution is -0.151. The van der Waals surface area contributed by atoms with E-state index < -0.39 is 35.3 Å². The summed E-state index contributed by atoms with van der Waals surface area (Å²) in [4.78, 5) is 37.5. The maximum Gasteiger partial charge on any atom is 0.372 e. The van der Waals surface area contributed by atoms with Gasteiger partial charge in [0, 0.05) is 12.0 Å². The summed E-state index contributed by atoms with van der Waals surface area (Å²) in [6.45, 7) is 3.48. The second-order valence-electron chi connectivity index (χ2n) is 11.1. The van der Waals surface area contributed by atoms with Crippen LogP contribution >= 0.6 is 0 Å². The number of hydrogen-bond acceptors (Lipinski definition) is 6. The summed E-state index contributed by atoms with van der Waals surface area (Å²) >= 11 is 0. The van der Waals surface area contributed by atoms with Crippen molar-refractivity contribution in [3.05, 3.63) is 35.3 Å². The molecule has 1 aromatic heterocycles. The molecule has 1 aromatic rings. The zero-order valence-electron chi connectivity index (χ0n) is 19.2. The van der Waals surface area contributed by atoms with Gasteiger partial charge in [-0.2, -0.15) is 0 Å². The van der Waals surface area contributed by atoms with Crippen LogP contribution in [-0.4, -0.2) is 45.6 Å². The van der Waals surface area contributed by atoms with Crippen LogP contribution in [0.2, 0.25) is 0 Å². The van der Waals surface area contributed by atoms with E-state index in [2.05, 4.69) is 6.92 Å². The molecule has 0 bridgehead atoms. The molecular weight excluding hydrogens is 424 g/mol. The van der Waals surface area contributed by atoms with E-state index >= 15 is 0 Å². The molecule has 7 heteroatoms. The third kappa shape index (κ3) is 2.78. The zero-order valence-corrected chi connectivity index (χ0v) is 19.2. The first-order valence-electron chi connectivity index (χ1n) is 12.0. The number of aliphatic hydroxyl groups is 2. The van der Waals surface area contributed by atoms with Gasteiger partial charge in [0.25, 0.3) is 0 Å². The minimum Gasteiger partial charge on any atom is -0.475 e. The number of allylic oxidation sites excluding steroid dienone is 1. The zero-order chi connectivity index (χ0) is 23.8. The number of aromatic carboxylic acids is 1. The molecule has 5 rings (SSSR count). The van der Waals surface area contributed by atoms with Gasteiger partial charge in [-0.1, -0.05) is 19.4 Å². The maximum atomic E-state index is 13.5. The summed E-state index contributed by atoms with van der Waals surface area (Å²) in [6.07, 6.45) is 6.71. The minimum atomic E-state index is -1.24. The van der Waals surface area contributed by atoms with Crippen molar-refractivity contribution < 1.29 is 34.1 Å². The Bertz CT molecular complexity index is 1050. The molecule has 0 saturated heterocycles. The number of furan rings is 1. The van der Waals surface area contributed by atoms with E-state index in [4.69, 9.17) is 4.42 Å². The molecule has 3 fully saturated rings. The molecule has 4 aliphatic rings. The molecule has 0 aromatic carbocycles. The second kappa shape index (κ2) is 7.37. The average molecular weight is 457 g/mol. The molecule has 1 heterocycles. The van der Waals surface area contributed by atoms with Crippen LogP contribution in [0.3, 0.4) is 0 Å². The molecule has 0 spiro atoms. The highest BCUT2D eigenvalue weighted by atomic mass is 16.4. The number of carbonyl (C=O) groups is 3. The summed E-state index contributed by atoms with van der Waals surface area (Å²) in [5.74, 6) is -1.52. The fraction of sp³-hybridized carbons (Fsp3) is 0.654. The highest BCUT2D eigenvalue weighted by molar-refractivity contribution is 5.97. The Morgan fingerprint density at radius 3 is 2.64 bits per heavy atom. The highest BCUT2D eigenvalue weighted by Crippen LogP contribution is 2.70. The summed E-state index contributed by atoms with van der Waals surface area (Å²) in [7, 11) is 0. The van der Waals surface area contributed by atoms with Gasteiger partial charge in [-0.3, -0.25) is 9.59 Å². The SMILES string of the molecule is C[C@]12CCC(=O)C=C1CC[C@@H]1[C@@H]2[C@@H](O)C[C@@]2(C)[C@H]1CC[C@]2(C(=O)CO)c1ccoc1C(=O)O. The third-order valence-corrected chi connectivity index (χ3v) is 10.0. The van der Waals surface area contributed by atoms with Gasteiger partial charge in [-0.05, 0) is 79.3 Å². The van der Waals surface area contributed by atoms with Crippen LogP contribution in [0.5, 0.6) is 0 Å². The molecule has 33 heavy (non-hydrogen) atoms. The van der Waals surface area contributed by atoms with Gasteiger partial charge in [0.2, 0.25) is 5.76 Å². The van der Waals surface area contributed by atoms with E-state index in [-0.39, 0.29) is 34.7 Å². The molecular formula is C26H32O7. The van der Waals surface area contributed by atoms with Gasteiger partial charge in [0.1, 0.15) is 6.61 Å². The van der Waals surface area contributed by atoms with Crippen LogP contribution in [0.25, 0.3) is 0 Å². The van der Waals surface area contributed by atoms with Crippen LogP contribution in [0, 0.1) is 28.6 Å². The normalized spacial score (nSPS) is 42.2. The van der Waals surface area contributed by atoms with Gasteiger partial charge >= 0.3 is 5.97 Å². The van der Waals surface area contributed by atoms with Crippen LogP contribution in [0.4, 0.5) is 0 Å². The Morgan fingerprint density at radius 1 is 1.18 bits per heavy atom. The number of Topliss-reactive ketones (excluding diaryl/α,β-unsaturated/α-hetero) is 1. The fourth-order valence-corrected chi connectivity index (χ4v) is 8.71. The van der Waals surface area contributed by atoms with Gasteiger partial charge < -0.3 is 19.7 Å². The number of fused-ring (bicyclic) bond motifs is 5. The van der Waals surface area contributed by atoms with Crippen molar-refractivity contribution in [2.24, 2.45) is 28.6 Å². The van der Waals surface area contributed by atoms with Crippen molar-refractivity contribution in [3.8, 4) is 0 Å². The van der Waals surface area contributed by atoms with Gasteiger partial charge in [0.15, 0.2) is 11.6 Å². The number of carboxylic acid groups (broad SMARTS) is 1. The molecule has 4 aliphatic carbocycles. The summed E-state index contributed by atoms with van der Waals surface area (Å²) < 4.78 is 5.28. The first-order chi connectivity index (χ1) is 15.6. The molecule has 7 nitrogen and oxygen atoms in total. The predicted octanol–water partition coefficient (Wildman–Crippen LogP) is 3.28. The Hall–Kier alpha value is -2.25. The smallest absolute Gasteiger partial charge is 0.372 e. The van der Waals surface area contributed by atoms with E-state index in [0.29, 0.717) is 31.2 Å². The molecule has 0 amide bonds. The molecule has 3 N–H and O–H groups in total. The fourth-order valence-electron chi connectivity index (χ4n) is 8.71. The summed E-state index contributed by atoms with van der Waals surface area (Å²) in [5.41, 5.74) is -0.731. The van der Waals surface area contributed by atoms with Crippen LogP contribution < -0.4 is 0 Å². The Kier molecular flexibility index (Phi) is 5.04. The van der Waals surface area contributed by atoms with E-state index in [0.717, 1.165) is 24.8 Å². The number of rotatable bonds is 4. The average Bonchev–Trinajstić information content (AvgIpc) is 3.36. The van der Waals surface area contributed by atoms with Gasteiger partial charge in [-0.25, -0.2) is 4.79 Å². The van der Waals surface area contributed by atoms with Crippen LogP contribution in [-0.2, 0) is 15.0 Å². The molecule has 0 radical (unpaired) electrons. The molecule has 178 valence electrons. The highest BCUT2D eigenvalue weighted by Gasteiger charge is 2.69. The van der Waals surface area contributed by atoms with E-state index in [1.54, 1.807) is 12.1 Å². The maximum absolute atomic E-state index is 13.5. The van der Waals surface area contributed by atoms with E-state index in [9.17, 15) is 29.7 Å². The van der Waals surface area contributed by atoms with Crippen molar-refractivity contribution in [2.75, 3.05) is 6.61 Å². The lowest BCUT2D eigenvalue weighted by Gasteiger charge is -2.61. The summed E-state index contributed by atoms with van der Waals surface area (Å²) in [5, 5.41) is 31.3. The lowest BCUT2D eigenvalue weighted by Crippen LogP contribution is -2.61. The monoisotopic (exact) mass is 456 g/mol. The minimum absolute atomic E-state index is 0.00741. The first kappa shape index (κ1) is 22.5. The molecule has 0 aliphatic heterocycles. The number of aliphatic hydroxyl groups excluding tert-OH is 2. The van der Waals surface area contributed by atoms with E-state index in [1.165, 1.54) is 6.26 Å². The van der Waals surface area contributed by atoms with Crippen molar-refractivity contribution in [2.45, 2.75) is 70.3 Å². The Labute approximate surface area is 192 Å².